The Hall–Kier alpha value is -0.950. The molecule has 0 saturated heterocycles. The highest BCUT2D eigenvalue weighted by molar-refractivity contribution is 7.28. The Balaban J connectivity index is 3.02. The summed E-state index contributed by atoms with van der Waals surface area (Å²) >= 11 is 0. The van der Waals surface area contributed by atoms with E-state index >= 15 is 0 Å². The first-order valence-corrected chi connectivity index (χ1v) is 5.54. The SMILES string of the molecule is CCCCc1cc(F)cc(P)c1NC=O. The first-order chi connectivity index (χ1) is 7.19. The molecule has 0 aliphatic heterocycles. The lowest BCUT2D eigenvalue weighted by Gasteiger charge is -2.11. The van der Waals surface area contributed by atoms with Gasteiger partial charge < -0.3 is 5.32 Å². The number of rotatable bonds is 5. The van der Waals surface area contributed by atoms with Gasteiger partial charge in [0.2, 0.25) is 6.41 Å². The second-order valence-corrected chi connectivity index (χ2v) is 4.02. The Morgan fingerprint density at radius 1 is 1.53 bits per heavy atom. The fourth-order valence-electron chi connectivity index (χ4n) is 1.49. The van der Waals surface area contributed by atoms with Crippen molar-refractivity contribution in [3.8, 4) is 0 Å². The average Bonchev–Trinajstić information content (AvgIpc) is 2.19. The number of nitrogens with one attached hydrogen (secondary N) is 1. The van der Waals surface area contributed by atoms with Gasteiger partial charge in [0.1, 0.15) is 5.82 Å². The third-order valence-electron chi connectivity index (χ3n) is 2.22. The van der Waals surface area contributed by atoms with Gasteiger partial charge in [-0.15, -0.1) is 9.24 Å². The van der Waals surface area contributed by atoms with Crippen LogP contribution < -0.4 is 10.6 Å². The largest absolute Gasteiger partial charge is 0.328 e. The van der Waals surface area contributed by atoms with Crippen LogP contribution in [0.1, 0.15) is 25.3 Å². The molecule has 1 amide bonds. The van der Waals surface area contributed by atoms with Crippen LogP contribution in [0.4, 0.5) is 10.1 Å². The van der Waals surface area contributed by atoms with Gasteiger partial charge in [0.25, 0.3) is 0 Å². The minimum atomic E-state index is -0.262. The smallest absolute Gasteiger partial charge is 0.211 e. The Bertz CT molecular complexity index is 355. The molecule has 1 aromatic carbocycles. The van der Waals surface area contributed by atoms with Gasteiger partial charge in [0.05, 0.1) is 5.69 Å². The maximum absolute atomic E-state index is 13.1. The monoisotopic (exact) mass is 227 g/mol. The summed E-state index contributed by atoms with van der Waals surface area (Å²) in [6.45, 7) is 2.08. The summed E-state index contributed by atoms with van der Waals surface area (Å²) < 4.78 is 13.1. The molecule has 0 aliphatic carbocycles. The van der Waals surface area contributed by atoms with Crippen LogP contribution in [0.25, 0.3) is 0 Å². The van der Waals surface area contributed by atoms with Crippen LogP contribution in [-0.4, -0.2) is 6.41 Å². The highest BCUT2D eigenvalue weighted by Gasteiger charge is 2.07. The summed E-state index contributed by atoms with van der Waals surface area (Å²) in [5, 5.41) is 3.30. The quantitative estimate of drug-likeness (QED) is 0.606. The molecule has 1 N–H and O–H groups in total. The van der Waals surface area contributed by atoms with Crippen LogP contribution >= 0.6 is 9.24 Å². The van der Waals surface area contributed by atoms with Crippen molar-refractivity contribution in [1.82, 2.24) is 0 Å². The predicted molar refractivity (Wildman–Crippen MR) is 64.0 cm³/mol. The van der Waals surface area contributed by atoms with E-state index in [-0.39, 0.29) is 5.82 Å². The van der Waals surface area contributed by atoms with Crippen molar-refractivity contribution in [3.63, 3.8) is 0 Å². The maximum atomic E-state index is 13.1. The van der Waals surface area contributed by atoms with Gasteiger partial charge in [0.15, 0.2) is 0 Å². The molecule has 0 bridgehead atoms. The van der Waals surface area contributed by atoms with E-state index in [1.165, 1.54) is 12.1 Å². The number of benzene rings is 1. The van der Waals surface area contributed by atoms with E-state index < -0.39 is 0 Å². The van der Waals surface area contributed by atoms with Crippen molar-refractivity contribution >= 4 is 26.6 Å². The second kappa shape index (κ2) is 5.82. The number of carbonyl (C=O) groups excluding carboxylic acids is 1. The lowest BCUT2D eigenvalue weighted by atomic mass is 10.1. The summed E-state index contributed by atoms with van der Waals surface area (Å²) in [5.41, 5.74) is 1.57. The first-order valence-electron chi connectivity index (χ1n) is 4.97. The second-order valence-electron chi connectivity index (χ2n) is 3.39. The molecule has 0 aliphatic rings. The summed E-state index contributed by atoms with van der Waals surface area (Å²) in [4.78, 5) is 10.4. The van der Waals surface area contributed by atoms with Crippen LogP contribution in [0.2, 0.25) is 0 Å². The molecule has 15 heavy (non-hydrogen) atoms. The number of aryl methyl sites for hydroxylation is 1. The zero-order valence-corrected chi connectivity index (χ0v) is 9.87. The number of unbranched alkanes of at least 4 members (excludes halogenated alkanes) is 1. The molecule has 1 rings (SSSR count). The molecule has 0 fully saturated rings. The van der Waals surface area contributed by atoms with Crippen molar-refractivity contribution in [1.29, 1.82) is 0 Å². The van der Waals surface area contributed by atoms with E-state index in [4.69, 9.17) is 0 Å². The van der Waals surface area contributed by atoms with Gasteiger partial charge >= 0.3 is 0 Å². The topological polar surface area (TPSA) is 29.1 Å². The van der Waals surface area contributed by atoms with Gasteiger partial charge in [0, 0.05) is 0 Å². The molecule has 0 aromatic heterocycles. The van der Waals surface area contributed by atoms with Crippen LogP contribution in [0.5, 0.6) is 0 Å². The summed E-state index contributed by atoms with van der Waals surface area (Å²) in [5.74, 6) is -0.262. The van der Waals surface area contributed by atoms with E-state index in [1.54, 1.807) is 0 Å². The lowest BCUT2D eigenvalue weighted by Crippen LogP contribution is -2.09. The molecule has 4 heteroatoms. The Morgan fingerprint density at radius 2 is 2.27 bits per heavy atom. The van der Waals surface area contributed by atoms with Crippen LogP contribution in [0.15, 0.2) is 12.1 Å². The molecule has 0 heterocycles. The van der Waals surface area contributed by atoms with E-state index in [1.807, 2.05) is 0 Å². The normalized spacial score (nSPS) is 10.1. The Kier molecular flexibility index (Phi) is 4.70. The van der Waals surface area contributed by atoms with Gasteiger partial charge in [-0.05, 0) is 35.8 Å². The van der Waals surface area contributed by atoms with E-state index in [0.717, 1.165) is 24.8 Å². The minimum absolute atomic E-state index is 0.262. The maximum Gasteiger partial charge on any atom is 0.211 e. The molecule has 1 atom stereocenters. The fourth-order valence-corrected chi connectivity index (χ4v) is 1.91. The molecule has 82 valence electrons. The summed E-state index contributed by atoms with van der Waals surface area (Å²) in [6, 6.07) is 2.88. The zero-order valence-electron chi connectivity index (χ0n) is 8.72. The predicted octanol–water partition coefficient (Wildman–Crippen LogP) is 2.24. The van der Waals surface area contributed by atoms with E-state index in [2.05, 4.69) is 21.5 Å². The molecular weight excluding hydrogens is 212 g/mol. The van der Waals surface area contributed by atoms with Gasteiger partial charge in [-0.2, -0.15) is 0 Å². The number of anilines is 1. The Morgan fingerprint density at radius 3 is 2.87 bits per heavy atom. The standard InChI is InChI=1S/C11H15FNOP/c1-2-3-4-8-5-9(12)6-10(15)11(8)13-7-14/h5-7H,2-4,15H2,1H3,(H,13,14). The third kappa shape index (κ3) is 3.28. The third-order valence-corrected chi connectivity index (χ3v) is 2.67. The minimum Gasteiger partial charge on any atom is -0.328 e. The number of amides is 1. The molecule has 0 saturated carbocycles. The van der Waals surface area contributed by atoms with Crippen molar-refractivity contribution < 1.29 is 9.18 Å². The number of halogens is 1. The van der Waals surface area contributed by atoms with Crippen molar-refractivity contribution in [3.05, 3.63) is 23.5 Å². The zero-order chi connectivity index (χ0) is 11.3. The fraction of sp³-hybridized carbons (Fsp3) is 0.364. The Labute approximate surface area is 91.5 Å². The van der Waals surface area contributed by atoms with E-state index in [9.17, 15) is 9.18 Å². The molecule has 1 aromatic rings. The van der Waals surface area contributed by atoms with Crippen molar-refractivity contribution in [2.24, 2.45) is 0 Å². The molecule has 0 radical (unpaired) electrons. The summed E-state index contributed by atoms with van der Waals surface area (Å²) in [6.07, 6.45) is 3.44. The van der Waals surface area contributed by atoms with Crippen molar-refractivity contribution in [2.45, 2.75) is 26.2 Å². The molecular formula is C11H15FNOP. The molecule has 2 nitrogen and oxygen atoms in total. The highest BCUT2D eigenvalue weighted by Crippen LogP contribution is 2.19. The lowest BCUT2D eigenvalue weighted by molar-refractivity contribution is -0.105. The molecule has 1 unspecified atom stereocenters. The van der Waals surface area contributed by atoms with E-state index in [0.29, 0.717) is 17.4 Å². The summed E-state index contributed by atoms with van der Waals surface area (Å²) in [7, 11) is 2.43. The van der Waals surface area contributed by atoms with Gasteiger partial charge in [-0.3, -0.25) is 4.79 Å². The van der Waals surface area contributed by atoms with Crippen LogP contribution in [-0.2, 0) is 11.2 Å². The van der Waals surface area contributed by atoms with Crippen LogP contribution in [0.3, 0.4) is 0 Å². The van der Waals surface area contributed by atoms with Crippen LogP contribution in [0, 0.1) is 5.82 Å². The van der Waals surface area contributed by atoms with Gasteiger partial charge in [-0.25, -0.2) is 4.39 Å². The first kappa shape index (κ1) is 12.1. The van der Waals surface area contributed by atoms with Crippen molar-refractivity contribution in [2.75, 3.05) is 5.32 Å². The number of hydrogen-bond donors (Lipinski definition) is 1. The highest BCUT2D eigenvalue weighted by atomic mass is 31.0. The van der Waals surface area contributed by atoms with Gasteiger partial charge in [-0.1, -0.05) is 13.3 Å². The average molecular weight is 227 g/mol. The number of hydrogen-bond acceptors (Lipinski definition) is 1. The molecule has 0 spiro atoms. The number of carbonyl (C=O) groups is 1.